The molecule has 2 saturated heterocycles. The van der Waals surface area contributed by atoms with Crippen LogP contribution in [0.25, 0.3) is 11.2 Å². The molecule has 0 saturated carbocycles. The van der Waals surface area contributed by atoms with Crippen molar-refractivity contribution in [1.82, 2.24) is 19.9 Å². The molecule has 4 heterocycles. The summed E-state index contributed by atoms with van der Waals surface area (Å²) in [6, 6.07) is 7.59. The number of piperidine rings is 1. The Morgan fingerprint density at radius 1 is 1.12 bits per heavy atom. The van der Waals surface area contributed by atoms with E-state index in [0.717, 1.165) is 55.3 Å². The summed E-state index contributed by atoms with van der Waals surface area (Å²) in [6.45, 7) is 7.26. The van der Waals surface area contributed by atoms with Gasteiger partial charge < -0.3 is 20.2 Å². The number of aliphatic hydroxyl groups excluding tert-OH is 1. The third-order valence-corrected chi connectivity index (χ3v) is 7.65. The van der Waals surface area contributed by atoms with Crippen LogP contribution in [0.15, 0.2) is 36.7 Å². The molecule has 2 aromatic heterocycles. The molecule has 3 aromatic rings. The number of aromatic nitrogens is 3. The van der Waals surface area contributed by atoms with Crippen molar-refractivity contribution in [2.24, 2.45) is 11.8 Å². The molecule has 0 aliphatic carbocycles. The zero-order valence-electron chi connectivity index (χ0n) is 19.3. The molecule has 2 atom stereocenters. The molecule has 9 heteroatoms. The number of nitrogens with zero attached hydrogens (tertiary/aromatic N) is 5. The van der Waals surface area contributed by atoms with Gasteiger partial charge in [0.25, 0.3) is 0 Å². The van der Waals surface area contributed by atoms with E-state index in [1.54, 1.807) is 18.5 Å². The molecule has 180 valence electrons. The minimum absolute atomic E-state index is 0.0471. The van der Waals surface area contributed by atoms with E-state index in [4.69, 9.17) is 28.2 Å². The molecule has 1 aromatic carbocycles. The first-order valence-electron chi connectivity index (χ1n) is 11.9. The van der Waals surface area contributed by atoms with Crippen molar-refractivity contribution in [1.29, 1.82) is 0 Å². The summed E-state index contributed by atoms with van der Waals surface area (Å²) in [6.07, 6.45) is 5.85. The van der Waals surface area contributed by atoms with Crippen LogP contribution in [-0.4, -0.2) is 64.3 Å². The van der Waals surface area contributed by atoms with E-state index < -0.39 is 0 Å². The fourth-order valence-corrected chi connectivity index (χ4v) is 5.77. The fraction of sp³-hybridized carbons (Fsp3) is 0.480. The van der Waals surface area contributed by atoms with E-state index in [9.17, 15) is 5.11 Å². The lowest BCUT2D eigenvalue weighted by Gasteiger charge is -2.47. The van der Waals surface area contributed by atoms with Gasteiger partial charge in [0.1, 0.15) is 11.3 Å². The van der Waals surface area contributed by atoms with Crippen LogP contribution < -0.4 is 10.2 Å². The molecule has 2 aliphatic heterocycles. The predicted molar refractivity (Wildman–Crippen MR) is 138 cm³/mol. The van der Waals surface area contributed by atoms with Gasteiger partial charge in [0, 0.05) is 54.7 Å². The van der Waals surface area contributed by atoms with Crippen molar-refractivity contribution < 1.29 is 5.11 Å². The summed E-state index contributed by atoms with van der Waals surface area (Å²) >= 11 is 12.5. The van der Waals surface area contributed by atoms with Gasteiger partial charge >= 0.3 is 0 Å². The summed E-state index contributed by atoms with van der Waals surface area (Å²) in [4.78, 5) is 18.6. The number of aliphatic hydroxyl groups is 1. The maximum atomic E-state index is 9.29. The van der Waals surface area contributed by atoms with Crippen molar-refractivity contribution in [3.63, 3.8) is 0 Å². The Bertz CT molecular complexity index is 1150. The quantitative estimate of drug-likeness (QED) is 0.488. The average Bonchev–Trinajstić information content (AvgIpc) is 2.78. The number of halogens is 2. The third-order valence-electron chi connectivity index (χ3n) is 7.09. The summed E-state index contributed by atoms with van der Waals surface area (Å²) in [5.41, 5.74) is 3.23. The Morgan fingerprint density at radius 3 is 2.74 bits per heavy atom. The molecular formula is C25H30Cl2N6O. The topological polar surface area (TPSA) is 77.4 Å². The van der Waals surface area contributed by atoms with Crippen molar-refractivity contribution in [2.45, 2.75) is 25.8 Å². The van der Waals surface area contributed by atoms with Gasteiger partial charge in [-0.15, -0.1) is 0 Å². The van der Waals surface area contributed by atoms with Gasteiger partial charge in [0.2, 0.25) is 0 Å². The van der Waals surface area contributed by atoms with Crippen LogP contribution in [0.4, 0.5) is 11.5 Å². The predicted octanol–water partition coefficient (Wildman–Crippen LogP) is 4.65. The van der Waals surface area contributed by atoms with Gasteiger partial charge in [-0.2, -0.15) is 0 Å². The van der Waals surface area contributed by atoms with Crippen LogP contribution in [0.2, 0.25) is 10.0 Å². The smallest absolute Gasteiger partial charge is 0.182 e. The van der Waals surface area contributed by atoms with Crippen LogP contribution in [0.3, 0.4) is 0 Å². The summed E-state index contributed by atoms with van der Waals surface area (Å²) < 4.78 is 0. The number of β-amino-alcohol motifs (C(OH)–C–C–N with tert-alkyl or cyclic N) is 1. The summed E-state index contributed by atoms with van der Waals surface area (Å²) in [5.74, 6) is 2.26. The monoisotopic (exact) mass is 500 g/mol. The van der Waals surface area contributed by atoms with E-state index in [1.807, 2.05) is 12.1 Å². The number of pyridine rings is 1. The molecular weight excluding hydrogens is 471 g/mol. The van der Waals surface area contributed by atoms with Crippen LogP contribution in [0, 0.1) is 11.8 Å². The van der Waals surface area contributed by atoms with E-state index in [0.29, 0.717) is 27.5 Å². The van der Waals surface area contributed by atoms with Crippen LogP contribution in [-0.2, 0) is 0 Å². The highest BCUT2D eigenvalue weighted by atomic mass is 35.5. The number of likely N-dealkylation sites (tertiary alicyclic amines) is 1. The molecule has 2 N–H and O–H groups in total. The van der Waals surface area contributed by atoms with Crippen molar-refractivity contribution in [3.05, 3.63) is 52.3 Å². The number of fused-ring (bicyclic) bond motifs is 1. The molecule has 5 rings (SSSR count). The second kappa shape index (κ2) is 10.2. The van der Waals surface area contributed by atoms with Gasteiger partial charge in [-0.25, -0.2) is 15.0 Å². The minimum Gasteiger partial charge on any atom is -0.395 e. The minimum atomic E-state index is -0.0471. The van der Waals surface area contributed by atoms with Crippen LogP contribution in [0.1, 0.15) is 31.4 Å². The highest BCUT2D eigenvalue weighted by Gasteiger charge is 2.36. The van der Waals surface area contributed by atoms with Gasteiger partial charge in [-0.05, 0) is 55.8 Å². The maximum Gasteiger partial charge on any atom is 0.182 e. The number of rotatable bonds is 7. The van der Waals surface area contributed by atoms with Gasteiger partial charge in [-0.1, -0.05) is 29.3 Å². The van der Waals surface area contributed by atoms with Gasteiger partial charge in [0.05, 0.1) is 18.3 Å². The van der Waals surface area contributed by atoms with E-state index in [2.05, 4.69) is 38.1 Å². The third kappa shape index (κ3) is 4.93. The molecule has 7 nitrogen and oxygen atoms in total. The largest absolute Gasteiger partial charge is 0.395 e. The standard InChI is InChI=1S/C25H30Cl2N6O/c1-16(20-5-4-19(26)11-21(20)27)30-22-12-23(31-25-24(22)28-6-7-29-25)33-14-18(15-33)17-3-2-8-32(13-17)9-10-34/h4-7,11-12,16-18,34H,2-3,8-10,13-15H2,1H3,(H,29,30,31)/t16-,17+/m1/s1. The Balaban J connectivity index is 1.33. The van der Waals surface area contributed by atoms with Gasteiger partial charge in [-0.3, -0.25) is 0 Å². The van der Waals surface area contributed by atoms with Crippen LogP contribution >= 0.6 is 23.2 Å². The lowest BCUT2D eigenvalue weighted by atomic mass is 9.80. The zero-order chi connectivity index (χ0) is 23.7. The maximum absolute atomic E-state index is 9.29. The number of anilines is 2. The Labute approximate surface area is 210 Å². The molecule has 0 bridgehead atoms. The lowest BCUT2D eigenvalue weighted by Crippen LogP contribution is -2.54. The highest BCUT2D eigenvalue weighted by Crippen LogP contribution is 2.36. The lowest BCUT2D eigenvalue weighted by molar-refractivity contribution is 0.102. The summed E-state index contributed by atoms with van der Waals surface area (Å²) in [7, 11) is 0. The van der Waals surface area contributed by atoms with Gasteiger partial charge in [0.15, 0.2) is 5.65 Å². The second-order valence-corrected chi connectivity index (χ2v) is 10.2. The number of hydrogen-bond donors (Lipinski definition) is 2. The van der Waals surface area contributed by atoms with E-state index >= 15 is 0 Å². The van der Waals surface area contributed by atoms with Crippen LogP contribution in [0.5, 0.6) is 0 Å². The first-order chi connectivity index (χ1) is 16.5. The Morgan fingerprint density at radius 2 is 1.94 bits per heavy atom. The van der Waals surface area contributed by atoms with Crippen molar-refractivity contribution in [2.75, 3.05) is 49.5 Å². The van der Waals surface area contributed by atoms with E-state index in [1.165, 1.54) is 12.8 Å². The first-order valence-corrected chi connectivity index (χ1v) is 12.7. The number of benzene rings is 1. The normalized spacial score (nSPS) is 20.4. The van der Waals surface area contributed by atoms with Crippen molar-refractivity contribution in [3.8, 4) is 0 Å². The first kappa shape index (κ1) is 23.5. The SMILES string of the molecule is C[C@@H](Nc1cc(N2CC([C@H]3CCCN(CCO)C3)C2)nc2nccnc12)c1ccc(Cl)cc1Cl. The molecule has 34 heavy (non-hydrogen) atoms. The molecule has 0 unspecified atom stereocenters. The molecule has 0 spiro atoms. The second-order valence-electron chi connectivity index (χ2n) is 9.38. The molecule has 2 aliphatic rings. The Kier molecular flexibility index (Phi) is 7.06. The fourth-order valence-electron chi connectivity index (χ4n) is 5.19. The molecule has 0 radical (unpaired) electrons. The van der Waals surface area contributed by atoms with Crippen molar-refractivity contribution >= 4 is 45.9 Å². The summed E-state index contributed by atoms with van der Waals surface area (Å²) in [5, 5.41) is 14.1. The number of nitrogens with one attached hydrogen (secondary N) is 1. The van der Waals surface area contributed by atoms with E-state index in [-0.39, 0.29) is 12.6 Å². The number of hydrogen-bond acceptors (Lipinski definition) is 7. The average molecular weight is 501 g/mol. The molecule has 2 fully saturated rings. The zero-order valence-corrected chi connectivity index (χ0v) is 20.8. The molecule has 0 amide bonds. The highest BCUT2D eigenvalue weighted by molar-refractivity contribution is 6.35. The Hall–Kier alpha value is -2.19.